The number of esters is 1. The zero-order chi connectivity index (χ0) is 12.8. The Balaban J connectivity index is 3.11. The molecule has 0 spiro atoms. The van der Waals surface area contributed by atoms with Crippen LogP contribution in [-0.4, -0.2) is 12.6 Å². The van der Waals surface area contributed by atoms with Gasteiger partial charge in [0.1, 0.15) is 11.6 Å². The van der Waals surface area contributed by atoms with Crippen molar-refractivity contribution in [2.75, 3.05) is 6.61 Å². The molecule has 0 aliphatic heterocycles. The second-order valence-corrected chi connectivity index (χ2v) is 3.75. The average Bonchev–Trinajstić information content (AvgIpc) is 2.30. The van der Waals surface area contributed by atoms with E-state index in [1.54, 1.807) is 13.0 Å². The van der Waals surface area contributed by atoms with Gasteiger partial charge in [0.15, 0.2) is 0 Å². The van der Waals surface area contributed by atoms with Crippen LogP contribution in [0.15, 0.2) is 23.8 Å². The van der Waals surface area contributed by atoms with Crippen molar-refractivity contribution in [1.29, 1.82) is 5.26 Å². The third-order valence-corrected chi connectivity index (χ3v) is 2.35. The Morgan fingerprint density at radius 2 is 2.18 bits per heavy atom. The monoisotopic (exact) mass is 229 g/mol. The number of hydrogen-bond acceptors (Lipinski definition) is 3. The summed E-state index contributed by atoms with van der Waals surface area (Å²) in [6.07, 6.45) is 1.57. The summed E-state index contributed by atoms with van der Waals surface area (Å²) in [6.45, 7) is 5.88. The Morgan fingerprint density at radius 1 is 1.47 bits per heavy atom. The molecule has 0 unspecified atom stereocenters. The Hall–Kier alpha value is -2.08. The lowest BCUT2D eigenvalue weighted by Gasteiger charge is -2.03. The van der Waals surface area contributed by atoms with Crippen LogP contribution in [-0.2, 0) is 9.53 Å². The molecule has 0 aliphatic carbocycles. The summed E-state index contributed by atoms with van der Waals surface area (Å²) in [4.78, 5) is 11.5. The molecule has 0 aromatic heterocycles. The summed E-state index contributed by atoms with van der Waals surface area (Å²) in [5.74, 6) is -0.573. The van der Waals surface area contributed by atoms with Crippen LogP contribution in [0.1, 0.15) is 23.6 Å². The predicted molar refractivity (Wildman–Crippen MR) is 66.1 cm³/mol. The molecular formula is C14H15NO2. The summed E-state index contributed by atoms with van der Waals surface area (Å²) >= 11 is 0. The normalized spacial score (nSPS) is 10.8. The molecule has 17 heavy (non-hydrogen) atoms. The van der Waals surface area contributed by atoms with Crippen LogP contribution in [0, 0.1) is 25.2 Å². The van der Waals surface area contributed by atoms with Crippen LogP contribution in [0.5, 0.6) is 0 Å². The van der Waals surface area contributed by atoms with Gasteiger partial charge in [0.25, 0.3) is 0 Å². The van der Waals surface area contributed by atoms with E-state index < -0.39 is 5.97 Å². The van der Waals surface area contributed by atoms with Gasteiger partial charge in [0.05, 0.1) is 6.61 Å². The lowest BCUT2D eigenvalue weighted by Crippen LogP contribution is -2.06. The molecule has 1 aromatic carbocycles. The SMILES string of the molecule is CCOC(=O)/C(C#N)=C/c1cc(C)ccc1C. The van der Waals surface area contributed by atoms with Gasteiger partial charge < -0.3 is 4.74 Å². The van der Waals surface area contributed by atoms with Gasteiger partial charge in [-0.1, -0.05) is 23.8 Å². The molecule has 0 saturated carbocycles. The van der Waals surface area contributed by atoms with Crippen molar-refractivity contribution in [3.63, 3.8) is 0 Å². The Kier molecular flexibility index (Phi) is 4.47. The molecule has 0 saturated heterocycles. The van der Waals surface area contributed by atoms with E-state index in [-0.39, 0.29) is 12.2 Å². The first-order valence-corrected chi connectivity index (χ1v) is 5.44. The van der Waals surface area contributed by atoms with Crippen LogP contribution >= 0.6 is 0 Å². The highest BCUT2D eigenvalue weighted by Gasteiger charge is 2.10. The molecule has 0 amide bonds. The van der Waals surface area contributed by atoms with Gasteiger partial charge in [-0.25, -0.2) is 4.79 Å². The highest BCUT2D eigenvalue weighted by atomic mass is 16.5. The van der Waals surface area contributed by atoms with Crippen LogP contribution in [0.4, 0.5) is 0 Å². The fourth-order valence-electron chi connectivity index (χ4n) is 1.42. The highest BCUT2D eigenvalue weighted by molar-refractivity contribution is 5.98. The maximum absolute atomic E-state index is 11.5. The molecule has 0 aliphatic rings. The molecule has 1 aromatic rings. The molecule has 0 N–H and O–H groups in total. The number of nitrogens with zero attached hydrogens (tertiary/aromatic N) is 1. The van der Waals surface area contributed by atoms with Gasteiger partial charge >= 0.3 is 5.97 Å². The average molecular weight is 229 g/mol. The number of carbonyl (C=O) groups is 1. The standard InChI is InChI=1S/C14H15NO2/c1-4-17-14(16)13(9-15)8-12-7-10(2)5-6-11(12)3/h5-8H,4H2,1-3H3/b13-8+. The maximum Gasteiger partial charge on any atom is 0.348 e. The fraction of sp³-hybridized carbons (Fsp3) is 0.286. The maximum atomic E-state index is 11.5. The topological polar surface area (TPSA) is 50.1 Å². The van der Waals surface area contributed by atoms with Gasteiger partial charge in [0.2, 0.25) is 0 Å². The predicted octanol–water partition coefficient (Wildman–Crippen LogP) is 2.77. The molecule has 0 radical (unpaired) electrons. The summed E-state index contributed by atoms with van der Waals surface area (Å²) in [5, 5.41) is 8.93. The van der Waals surface area contributed by atoms with Gasteiger partial charge in [-0.05, 0) is 38.0 Å². The van der Waals surface area contributed by atoms with Crippen molar-refractivity contribution >= 4 is 12.0 Å². The van der Waals surface area contributed by atoms with E-state index in [9.17, 15) is 4.79 Å². The Bertz CT molecular complexity index is 495. The van der Waals surface area contributed by atoms with Gasteiger partial charge in [-0.3, -0.25) is 0 Å². The van der Waals surface area contributed by atoms with Crippen LogP contribution in [0.2, 0.25) is 0 Å². The van der Waals surface area contributed by atoms with Crippen molar-refractivity contribution in [3.05, 3.63) is 40.5 Å². The van der Waals surface area contributed by atoms with Crippen LogP contribution in [0.3, 0.4) is 0 Å². The molecule has 0 fully saturated rings. The van der Waals surface area contributed by atoms with Crippen molar-refractivity contribution in [2.24, 2.45) is 0 Å². The fourth-order valence-corrected chi connectivity index (χ4v) is 1.42. The van der Waals surface area contributed by atoms with E-state index in [0.717, 1.165) is 16.7 Å². The molecule has 88 valence electrons. The number of benzene rings is 1. The minimum Gasteiger partial charge on any atom is -0.462 e. The molecule has 3 nitrogen and oxygen atoms in total. The largest absolute Gasteiger partial charge is 0.462 e. The van der Waals surface area contributed by atoms with Gasteiger partial charge in [0, 0.05) is 0 Å². The number of carbonyl (C=O) groups excluding carboxylic acids is 1. The zero-order valence-electron chi connectivity index (χ0n) is 10.3. The molecular weight excluding hydrogens is 214 g/mol. The molecule has 1 rings (SSSR count). The minimum absolute atomic E-state index is 0.0283. The number of aryl methyl sites for hydroxylation is 2. The summed E-state index contributed by atoms with van der Waals surface area (Å²) in [6, 6.07) is 7.75. The summed E-state index contributed by atoms with van der Waals surface area (Å²) in [5.41, 5.74) is 3.01. The number of rotatable bonds is 3. The third-order valence-electron chi connectivity index (χ3n) is 2.35. The minimum atomic E-state index is -0.573. The van der Waals surface area contributed by atoms with E-state index in [4.69, 9.17) is 10.00 Å². The van der Waals surface area contributed by atoms with Gasteiger partial charge in [-0.2, -0.15) is 5.26 Å². The second kappa shape index (κ2) is 5.86. The summed E-state index contributed by atoms with van der Waals surface area (Å²) in [7, 11) is 0. The second-order valence-electron chi connectivity index (χ2n) is 3.75. The van der Waals surface area contributed by atoms with Crippen molar-refractivity contribution in [2.45, 2.75) is 20.8 Å². The van der Waals surface area contributed by atoms with E-state index >= 15 is 0 Å². The quantitative estimate of drug-likeness (QED) is 0.455. The lowest BCUT2D eigenvalue weighted by molar-refractivity contribution is -0.137. The smallest absolute Gasteiger partial charge is 0.348 e. The first-order valence-electron chi connectivity index (χ1n) is 5.44. The van der Waals surface area contributed by atoms with Crippen molar-refractivity contribution in [1.82, 2.24) is 0 Å². The number of ether oxygens (including phenoxy) is 1. The lowest BCUT2D eigenvalue weighted by atomic mass is 10.0. The highest BCUT2D eigenvalue weighted by Crippen LogP contribution is 2.15. The number of nitriles is 1. The Morgan fingerprint density at radius 3 is 2.76 bits per heavy atom. The molecule has 0 atom stereocenters. The molecule has 0 bridgehead atoms. The van der Waals surface area contributed by atoms with E-state index in [1.165, 1.54) is 0 Å². The van der Waals surface area contributed by atoms with Crippen LogP contribution in [0.25, 0.3) is 6.08 Å². The van der Waals surface area contributed by atoms with E-state index in [0.29, 0.717) is 0 Å². The van der Waals surface area contributed by atoms with Crippen molar-refractivity contribution < 1.29 is 9.53 Å². The summed E-state index contributed by atoms with van der Waals surface area (Å²) < 4.78 is 4.81. The van der Waals surface area contributed by atoms with Crippen LogP contribution < -0.4 is 0 Å². The third kappa shape index (κ3) is 3.46. The first-order chi connectivity index (χ1) is 8.08. The van der Waals surface area contributed by atoms with E-state index in [2.05, 4.69) is 0 Å². The molecule has 0 heterocycles. The first kappa shape index (κ1) is 13.0. The number of hydrogen-bond donors (Lipinski definition) is 0. The Labute approximate surface area is 101 Å². The van der Waals surface area contributed by atoms with Gasteiger partial charge in [-0.15, -0.1) is 0 Å². The molecule has 3 heteroatoms. The zero-order valence-corrected chi connectivity index (χ0v) is 10.3. The van der Waals surface area contributed by atoms with E-state index in [1.807, 2.05) is 38.1 Å². The van der Waals surface area contributed by atoms with Crippen molar-refractivity contribution in [3.8, 4) is 6.07 Å².